The van der Waals surface area contributed by atoms with Crippen molar-refractivity contribution < 1.29 is 4.79 Å². The first-order chi connectivity index (χ1) is 11.7. The Labute approximate surface area is 140 Å². The molecular formula is C18H21N5O. The third-order valence-electron chi connectivity index (χ3n) is 4.87. The molecular weight excluding hydrogens is 302 g/mol. The third kappa shape index (κ3) is 2.58. The van der Waals surface area contributed by atoms with Crippen LogP contribution in [0.15, 0.2) is 49.1 Å². The van der Waals surface area contributed by atoms with E-state index in [9.17, 15) is 4.79 Å². The average Bonchev–Trinajstić information content (AvgIpc) is 3.34. The van der Waals surface area contributed by atoms with Crippen LogP contribution in [0.5, 0.6) is 0 Å². The minimum atomic E-state index is -0.254. The molecule has 0 aliphatic carbocycles. The van der Waals surface area contributed by atoms with E-state index in [0.717, 1.165) is 37.0 Å². The minimum absolute atomic E-state index is 0.160. The van der Waals surface area contributed by atoms with E-state index in [1.807, 2.05) is 57.6 Å². The lowest BCUT2D eigenvalue weighted by Gasteiger charge is -2.28. The first-order valence-electron chi connectivity index (χ1n) is 8.43. The van der Waals surface area contributed by atoms with Crippen molar-refractivity contribution in [1.82, 2.24) is 24.2 Å². The predicted molar refractivity (Wildman–Crippen MR) is 91.4 cm³/mol. The molecule has 1 aliphatic heterocycles. The molecule has 2 atom stereocenters. The molecule has 0 spiro atoms. The number of fused-ring (bicyclic) bond motifs is 1. The van der Waals surface area contributed by atoms with Crippen LogP contribution in [0, 0.1) is 0 Å². The van der Waals surface area contributed by atoms with Crippen LogP contribution in [-0.2, 0) is 11.3 Å². The summed E-state index contributed by atoms with van der Waals surface area (Å²) in [5.74, 6) is 0.160. The summed E-state index contributed by atoms with van der Waals surface area (Å²) in [6, 6.07) is 9.81. The minimum Gasteiger partial charge on any atom is -0.336 e. The second kappa shape index (κ2) is 6.11. The molecule has 0 radical (unpaired) electrons. The number of imidazole rings is 1. The summed E-state index contributed by atoms with van der Waals surface area (Å²) in [6.45, 7) is 3.54. The first kappa shape index (κ1) is 14.9. The largest absolute Gasteiger partial charge is 0.336 e. The summed E-state index contributed by atoms with van der Waals surface area (Å²) in [6.07, 6.45) is 7.58. The average molecular weight is 323 g/mol. The van der Waals surface area contributed by atoms with Gasteiger partial charge in [0, 0.05) is 18.9 Å². The number of aromatic nitrogens is 4. The second-order valence-electron chi connectivity index (χ2n) is 6.37. The lowest BCUT2D eigenvalue weighted by Crippen LogP contribution is -2.41. The van der Waals surface area contributed by atoms with Crippen LogP contribution in [0.2, 0.25) is 0 Å². The van der Waals surface area contributed by atoms with Gasteiger partial charge in [-0.15, -0.1) is 0 Å². The molecule has 0 saturated carbocycles. The monoisotopic (exact) mass is 323 g/mol. The summed E-state index contributed by atoms with van der Waals surface area (Å²) < 4.78 is 3.88. The van der Waals surface area contributed by atoms with Crippen LogP contribution in [-0.4, -0.2) is 42.7 Å². The second-order valence-corrected chi connectivity index (χ2v) is 6.37. The van der Waals surface area contributed by atoms with Crippen molar-refractivity contribution in [2.75, 3.05) is 6.54 Å². The predicted octanol–water partition coefficient (Wildman–Crippen LogP) is 2.49. The fourth-order valence-electron chi connectivity index (χ4n) is 3.59. The standard InChI is InChI=1S/C18H21N5O/c1-14(23-13-19-16-7-2-3-8-17(16)23)18(24)22-11-4-6-15(22)12-21-10-5-9-20-21/h2-3,5,7-10,13-15H,4,6,11-12H2,1H3/t14-,15+/m0/s1. The zero-order valence-electron chi connectivity index (χ0n) is 13.7. The van der Waals surface area contributed by atoms with Gasteiger partial charge in [-0.3, -0.25) is 9.48 Å². The molecule has 1 amide bonds. The smallest absolute Gasteiger partial charge is 0.245 e. The lowest BCUT2D eigenvalue weighted by molar-refractivity contribution is -0.135. The van der Waals surface area contributed by atoms with E-state index in [2.05, 4.69) is 10.1 Å². The third-order valence-corrected chi connectivity index (χ3v) is 4.87. The highest BCUT2D eigenvalue weighted by Crippen LogP contribution is 2.25. The molecule has 124 valence electrons. The zero-order chi connectivity index (χ0) is 16.5. The molecule has 4 rings (SSSR count). The van der Waals surface area contributed by atoms with E-state index < -0.39 is 0 Å². The molecule has 3 heterocycles. The summed E-state index contributed by atoms with van der Waals surface area (Å²) >= 11 is 0. The van der Waals surface area contributed by atoms with Crippen molar-refractivity contribution in [2.45, 2.75) is 38.4 Å². The van der Waals surface area contributed by atoms with Crippen molar-refractivity contribution in [1.29, 1.82) is 0 Å². The quantitative estimate of drug-likeness (QED) is 0.741. The molecule has 0 bridgehead atoms. The molecule has 6 heteroatoms. The molecule has 1 saturated heterocycles. The Bertz CT molecular complexity index is 838. The van der Waals surface area contributed by atoms with Crippen LogP contribution >= 0.6 is 0 Å². The number of benzene rings is 1. The van der Waals surface area contributed by atoms with Crippen molar-refractivity contribution in [3.05, 3.63) is 49.1 Å². The van der Waals surface area contributed by atoms with Crippen LogP contribution in [0.25, 0.3) is 11.0 Å². The molecule has 0 N–H and O–H groups in total. The number of likely N-dealkylation sites (tertiary alicyclic amines) is 1. The molecule has 1 aliphatic rings. The Balaban J connectivity index is 1.55. The number of hydrogen-bond donors (Lipinski definition) is 0. The Hall–Kier alpha value is -2.63. The van der Waals surface area contributed by atoms with E-state index in [0.29, 0.717) is 0 Å². The van der Waals surface area contributed by atoms with E-state index in [1.54, 1.807) is 12.5 Å². The lowest BCUT2D eigenvalue weighted by atomic mass is 10.2. The van der Waals surface area contributed by atoms with Crippen LogP contribution in [0.1, 0.15) is 25.8 Å². The van der Waals surface area contributed by atoms with Crippen molar-refractivity contribution in [3.63, 3.8) is 0 Å². The Morgan fingerprint density at radius 3 is 3.04 bits per heavy atom. The molecule has 0 unspecified atom stereocenters. The number of carbonyl (C=O) groups excluding carboxylic acids is 1. The van der Waals surface area contributed by atoms with Crippen molar-refractivity contribution in [2.24, 2.45) is 0 Å². The fraction of sp³-hybridized carbons (Fsp3) is 0.389. The normalized spacial score (nSPS) is 19.0. The SMILES string of the molecule is C[C@@H](C(=O)N1CCC[C@@H]1Cn1cccn1)n1cnc2ccccc21. The molecule has 3 aromatic rings. The molecule has 6 nitrogen and oxygen atoms in total. The highest BCUT2D eigenvalue weighted by Gasteiger charge is 2.32. The maximum absolute atomic E-state index is 13.1. The summed E-state index contributed by atoms with van der Waals surface area (Å²) in [5.41, 5.74) is 1.92. The first-order valence-corrected chi connectivity index (χ1v) is 8.43. The van der Waals surface area contributed by atoms with E-state index >= 15 is 0 Å². The van der Waals surface area contributed by atoms with Gasteiger partial charge in [-0.25, -0.2) is 4.98 Å². The summed E-state index contributed by atoms with van der Waals surface area (Å²) in [4.78, 5) is 19.5. The van der Waals surface area contributed by atoms with Gasteiger partial charge in [-0.1, -0.05) is 12.1 Å². The number of amides is 1. The number of hydrogen-bond acceptors (Lipinski definition) is 3. The van der Waals surface area contributed by atoms with Crippen molar-refractivity contribution in [3.8, 4) is 0 Å². The molecule has 24 heavy (non-hydrogen) atoms. The van der Waals surface area contributed by atoms with E-state index in [-0.39, 0.29) is 18.0 Å². The number of para-hydroxylation sites is 2. The molecule has 1 fully saturated rings. The Kier molecular flexibility index (Phi) is 3.80. The zero-order valence-corrected chi connectivity index (χ0v) is 13.7. The van der Waals surface area contributed by atoms with Gasteiger partial charge in [0.1, 0.15) is 6.04 Å². The van der Waals surface area contributed by atoms with Crippen molar-refractivity contribution >= 4 is 16.9 Å². The van der Waals surface area contributed by atoms with Gasteiger partial charge >= 0.3 is 0 Å². The Morgan fingerprint density at radius 2 is 2.21 bits per heavy atom. The topological polar surface area (TPSA) is 56.0 Å². The van der Waals surface area contributed by atoms with E-state index in [4.69, 9.17) is 0 Å². The van der Waals surface area contributed by atoms with Crippen LogP contribution < -0.4 is 0 Å². The van der Waals surface area contributed by atoms with Crippen LogP contribution in [0.3, 0.4) is 0 Å². The van der Waals surface area contributed by atoms with Gasteiger partial charge in [0.2, 0.25) is 5.91 Å². The fourth-order valence-corrected chi connectivity index (χ4v) is 3.59. The number of carbonyl (C=O) groups is 1. The highest BCUT2D eigenvalue weighted by molar-refractivity contribution is 5.84. The van der Waals surface area contributed by atoms with E-state index in [1.165, 1.54) is 0 Å². The van der Waals surface area contributed by atoms with Gasteiger partial charge < -0.3 is 9.47 Å². The molecule has 1 aromatic carbocycles. The summed E-state index contributed by atoms with van der Waals surface area (Å²) in [5, 5.41) is 4.27. The van der Waals surface area contributed by atoms with Gasteiger partial charge in [0.25, 0.3) is 0 Å². The van der Waals surface area contributed by atoms with Gasteiger partial charge in [0.15, 0.2) is 0 Å². The summed E-state index contributed by atoms with van der Waals surface area (Å²) in [7, 11) is 0. The number of nitrogens with zero attached hydrogens (tertiary/aromatic N) is 5. The van der Waals surface area contributed by atoms with Gasteiger partial charge in [-0.2, -0.15) is 5.10 Å². The highest BCUT2D eigenvalue weighted by atomic mass is 16.2. The van der Waals surface area contributed by atoms with Crippen LogP contribution in [0.4, 0.5) is 0 Å². The maximum Gasteiger partial charge on any atom is 0.245 e. The molecule has 2 aromatic heterocycles. The number of rotatable bonds is 4. The maximum atomic E-state index is 13.1. The Morgan fingerprint density at radius 1 is 1.33 bits per heavy atom. The van der Waals surface area contributed by atoms with Gasteiger partial charge in [0.05, 0.1) is 29.9 Å². The van der Waals surface area contributed by atoms with Gasteiger partial charge in [-0.05, 0) is 38.0 Å².